The number of fused-ring (bicyclic) bond motifs is 12. The number of para-hydroxylation sites is 4. The molecule has 0 fully saturated rings. The summed E-state index contributed by atoms with van der Waals surface area (Å²) < 4.78 is 7.34. The van der Waals surface area contributed by atoms with Crippen LogP contribution in [0, 0.1) is 0 Å². The molecule has 3 heterocycles. The van der Waals surface area contributed by atoms with Gasteiger partial charge in [0, 0.05) is 60.3 Å². The molecule has 0 aliphatic heterocycles. The molecular formula is C62H39N3. The van der Waals surface area contributed by atoms with Crippen LogP contribution in [-0.2, 0) is 0 Å². The second-order valence-corrected chi connectivity index (χ2v) is 17.3. The molecule has 0 radical (unpaired) electrons. The van der Waals surface area contributed by atoms with Gasteiger partial charge in [-0.1, -0.05) is 152 Å². The van der Waals surface area contributed by atoms with Crippen molar-refractivity contribution in [2.24, 2.45) is 0 Å². The van der Waals surface area contributed by atoms with Crippen molar-refractivity contribution in [2.75, 3.05) is 0 Å². The first-order chi connectivity index (χ1) is 32.2. The van der Waals surface area contributed by atoms with E-state index in [1.165, 1.54) is 109 Å². The van der Waals surface area contributed by atoms with Crippen LogP contribution in [0.3, 0.4) is 0 Å². The Morgan fingerprint density at radius 3 is 1.49 bits per heavy atom. The number of rotatable bonds is 5. The maximum Gasteiger partial charge on any atom is 0.0619 e. The molecule has 0 bridgehead atoms. The lowest BCUT2D eigenvalue weighted by atomic mass is 9.94. The third kappa shape index (κ3) is 5.36. The summed E-state index contributed by atoms with van der Waals surface area (Å²) >= 11 is 0. The van der Waals surface area contributed by atoms with Crippen LogP contribution in [0.15, 0.2) is 237 Å². The Hall–Kier alpha value is -8.66. The normalized spacial score (nSPS) is 12.0. The first-order valence-corrected chi connectivity index (χ1v) is 22.4. The van der Waals surface area contributed by atoms with E-state index in [1.54, 1.807) is 0 Å². The van der Waals surface area contributed by atoms with Gasteiger partial charge in [0.15, 0.2) is 0 Å². The van der Waals surface area contributed by atoms with Gasteiger partial charge in [0.05, 0.1) is 33.1 Å². The van der Waals surface area contributed by atoms with Crippen molar-refractivity contribution in [3.63, 3.8) is 0 Å². The first-order valence-electron chi connectivity index (χ1n) is 22.4. The molecule has 0 saturated carbocycles. The molecule has 3 aromatic heterocycles. The highest BCUT2D eigenvalue weighted by atomic mass is 15.0. The molecule has 0 amide bonds. The fraction of sp³-hybridized carbons (Fsp3) is 0. The van der Waals surface area contributed by atoms with Crippen LogP contribution in [0.2, 0.25) is 0 Å². The van der Waals surface area contributed by atoms with Crippen LogP contribution in [-0.4, -0.2) is 13.7 Å². The Kier molecular flexibility index (Phi) is 7.69. The van der Waals surface area contributed by atoms with Gasteiger partial charge in [-0.3, -0.25) is 0 Å². The third-order valence-corrected chi connectivity index (χ3v) is 13.8. The van der Waals surface area contributed by atoms with Crippen molar-refractivity contribution in [2.45, 2.75) is 0 Å². The summed E-state index contributed by atoms with van der Waals surface area (Å²) in [5.74, 6) is 0. The molecule has 14 aromatic rings. The van der Waals surface area contributed by atoms with Crippen LogP contribution in [0.4, 0.5) is 0 Å². The topological polar surface area (TPSA) is 14.8 Å². The molecule has 3 nitrogen and oxygen atoms in total. The van der Waals surface area contributed by atoms with Gasteiger partial charge in [0.1, 0.15) is 0 Å². The van der Waals surface area contributed by atoms with Crippen LogP contribution >= 0.6 is 0 Å². The Balaban J connectivity index is 1.07. The van der Waals surface area contributed by atoms with Crippen LogP contribution in [0.25, 0.3) is 126 Å². The quantitative estimate of drug-likeness (QED) is 0.164. The standard InChI is InChI=1S/C62H39N3/c1-3-18-46(19-4-1)63-57-25-13-11-23-50(57)54-36-43(29-33-59(54)63)45-38-53(62-56(39-45)51-24-12-14-26-58(51)64(62)47-20-5-2-6-21-47)44-30-34-60-55(37-44)52-32-28-41-16-9-10-22-49(41)61(52)65(60)48-31-27-40-15-7-8-17-42(40)35-48/h1-39H. The van der Waals surface area contributed by atoms with E-state index in [0.29, 0.717) is 0 Å². The summed E-state index contributed by atoms with van der Waals surface area (Å²) in [6.45, 7) is 0. The van der Waals surface area contributed by atoms with Gasteiger partial charge in [0.2, 0.25) is 0 Å². The molecule has 3 heteroatoms. The molecule has 0 aliphatic rings. The van der Waals surface area contributed by atoms with Gasteiger partial charge >= 0.3 is 0 Å². The zero-order valence-electron chi connectivity index (χ0n) is 35.4. The monoisotopic (exact) mass is 825 g/mol. The molecule has 11 aromatic carbocycles. The highest BCUT2D eigenvalue weighted by Crippen LogP contribution is 2.45. The lowest BCUT2D eigenvalue weighted by Crippen LogP contribution is -1.96. The minimum Gasteiger partial charge on any atom is -0.309 e. The van der Waals surface area contributed by atoms with Gasteiger partial charge < -0.3 is 13.7 Å². The van der Waals surface area contributed by atoms with Crippen LogP contribution < -0.4 is 0 Å². The predicted molar refractivity (Wildman–Crippen MR) is 275 cm³/mol. The van der Waals surface area contributed by atoms with E-state index >= 15 is 0 Å². The fourth-order valence-corrected chi connectivity index (χ4v) is 10.9. The lowest BCUT2D eigenvalue weighted by molar-refractivity contribution is 1.18. The minimum absolute atomic E-state index is 1.14. The second-order valence-electron chi connectivity index (χ2n) is 17.3. The summed E-state index contributed by atoms with van der Waals surface area (Å²) in [5.41, 5.74) is 15.4. The Labute approximate surface area is 374 Å². The van der Waals surface area contributed by atoms with Gasteiger partial charge in [-0.05, 0) is 118 Å². The molecule has 65 heavy (non-hydrogen) atoms. The third-order valence-electron chi connectivity index (χ3n) is 13.8. The summed E-state index contributed by atoms with van der Waals surface area (Å²) in [7, 11) is 0. The average molecular weight is 826 g/mol. The summed E-state index contributed by atoms with van der Waals surface area (Å²) in [4.78, 5) is 0. The summed E-state index contributed by atoms with van der Waals surface area (Å²) in [6.07, 6.45) is 0. The van der Waals surface area contributed by atoms with Gasteiger partial charge in [-0.25, -0.2) is 0 Å². The predicted octanol–water partition coefficient (Wildman–Crippen LogP) is 16.6. The Bertz CT molecular complexity index is 4220. The lowest BCUT2D eigenvalue weighted by Gasteiger charge is -2.15. The van der Waals surface area contributed by atoms with Crippen LogP contribution in [0.1, 0.15) is 0 Å². The first kappa shape index (κ1) is 35.9. The smallest absolute Gasteiger partial charge is 0.0619 e. The number of aromatic nitrogens is 3. The van der Waals surface area contributed by atoms with E-state index < -0.39 is 0 Å². The summed E-state index contributed by atoms with van der Waals surface area (Å²) in [6, 6.07) is 87.2. The molecule has 0 spiro atoms. The van der Waals surface area contributed by atoms with Crippen molar-refractivity contribution < 1.29 is 0 Å². The van der Waals surface area contributed by atoms with Crippen molar-refractivity contribution in [3.8, 4) is 39.3 Å². The molecular weight excluding hydrogens is 787 g/mol. The zero-order chi connectivity index (χ0) is 42.6. The zero-order valence-corrected chi connectivity index (χ0v) is 35.4. The van der Waals surface area contributed by atoms with Crippen LogP contribution in [0.5, 0.6) is 0 Å². The van der Waals surface area contributed by atoms with Crippen molar-refractivity contribution in [3.05, 3.63) is 237 Å². The molecule has 0 unspecified atom stereocenters. The molecule has 0 aliphatic carbocycles. The molecule has 0 N–H and O–H groups in total. The molecule has 302 valence electrons. The van der Waals surface area contributed by atoms with Gasteiger partial charge in [0.25, 0.3) is 0 Å². The highest BCUT2D eigenvalue weighted by Gasteiger charge is 2.22. The van der Waals surface area contributed by atoms with Gasteiger partial charge in [-0.15, -0.1) is 0 Å². The van der Waals surface area contributed by atoms with E-state index in [2.05, 4.69) is 250 Å². The fourth-order valence-electron chi connectivity index (χ4n) is 10.9. The highest BCUT2D eigenvalue weighted by molar-refractivity contribution is 6.21. The largest absolute Gasteiger partial charge is 0.309 e. The number of hydrogen-bond acceptors (Lipinski definition) is 0. The molecule has 14 rings (SSSR count). The Morgan fingerprint density at radius 2 is 0.723 bits per heavy atom. The number of hydrogen-bond donors (Lipinski definition) is 0. The van der Waals surface area contributed by atoms with Crippen molar-refractivity contribution in [1.29, 1.82) is 0 Å². The maximum absolute atomic E-state index is 2.48. The molecule has 0 saturated heterocycles. The number of nitrogens with zero attached hydrogens (tertiary/aromatic N) is 3. The summed E-state index contributed by atoms with van der Waals surface area (Å²) in [5, 5.41) is 12.4. The average Bonchev–Trinajstić information content (AvgIpc) is 4.02. The van der Waals surface area contributed by atoms with Gasteiger partial charge in [-0.2, -0.15) is 0 Å². The number of benzene rings is 11. The van der Waals surface area contributed by atoms with E-state index in [0.717, 1.165) is 17.1 Å². The SMILES string of the molecule is c1ccc(-n2c3ccccc3c3cc(-c4cc(-c5ccc6c(c5)c5ccc7ccccc7c5n6-c5ccc6ccccc6c5)c5c(c4)c4ccccc4n5-c4ccccc4)ccc32)cc1. The molecule has 0 atom stereocenters. The Morgan fingerprint density at radius 1 is 0.215 bits per heavy atom. The van der Waals surface area contributed by atoms with E-state index in [4.69, 9.17) is 0 Å². The van der Waals surface area contributed by atoms with Crippen molar-refractivity contribution >= 4 is 87.0 Å². The van der Waals surface area contributed by atoms with E-state index in [9.17, 15) is 0 Å². The second kappa shape index (κ2) is 13.9. The van der Waals surface area contributed by atoms with E-state index in [-0.39, 0.29) is 0 Å². The maximum atomic E-state index is 2.48. The minimum atomic E-state index is 1.14. The van der Waals surface area contributed by atoms with E-state index in [1.807, 2.05) is 0 Å². The van der Waals surface area contributed by atoms with Crippen molar-refractivity contribution in [1.82, 2.24) is 13.7 Å².